The van der Waals surface area contributed by atoms with E-state index in [4.69, 9.17) is 5.73 Å². The minimum Gasteiger partial charge on any atom is -0.355 e. The van der Waals surface area contributed by atoms with E-state index in [1.54, 1.807) is 18.2 Å². The third-order valence-electron chi connectivity index (χ3n) is 4.26. The predicted molar refractivity (Wildman–Crippen MR) is 81.6 cm³/mol. The number of hydrogen-bond acceptors (Lipinski definition) is 3. The number of H-pyrrole nitrogens is 1. The number of rotatable bonds is 3. The maximum Gasteiger partial charge on any atom is 0.189 e. The predicted octanol–water partition coefficient (Wildman–Crippen LogP) is 1.98. The lowest BCUT2D eigenvalue weighted by Gasteiger charge is -2.34. The van der Waals surface area contributed by atoms with E-state index < -0.39 is 0 Å². The molecular weight excluding hydrogens is 269 g/mol. The number of aromatic amines is 1. The quantitative estimate of drug-likeness (QED) is 0.908. The van der Waals surface area contributed by atoms with Gasteiger partial charge in [0.2, 0.25) is 0 Å². The van der Waals surface area contributed by atoms with Crippen molar-refractivity contribution in [2.24, 2.45) is 5.73 Å². The fourth-order valence-electron chi connectivity index (χ4n) is 3.13. The van der Waals surface area contributed by atoms with Crippen LogP contribution in [0.4, 0.5) is 4.39 Å². The summed E-state index contributed by atoms with van der Waals surface area (Å²) in [6.07, 6.45) is 3.42. The van der Waals surface area contributed by atoms with Crippen LogP contribution < -0.4 is 11.2 Å². The molecule has 112 valence electrons. The molecule has 1 saturated heterocycles. The number of para-hydroxylation sites is 1. The van der Waals surface area contributed by atoms with Crippen molar-refractivity contribution < 1.29 is 4.39 Å². The van der Waals surface area contributed by atoms with Gasteiger partial charge in [0, 0.05) is 36.3 Å². The van der Waals surface area contributed by atoms with Gasteiger partial charge < -0.3 is 10.7 Å². The normalized spacial score (nSPS) is 20.0. The molecule has 0 saturated carbocycles. The van der Waals surface area contributed by atoms with Gasteiger partial charge in [-0.25, -0.2) is 4.39 Å². The van der Waals surface area contributed by atoms with Crippen LogP contribution in [0.1, 0.15) is 25.0 Å². The van der Waals surface area contributed by atoms with Gasteiger partial charge in [0.05, 0.1) is 5.52 Å². The standard InChI is InChI=1S/C16H20FN3O/c17-14-6-3-5-13-15(21)8-11(19-16(13)14)10-20-7-2-1-4-12(20)9-18/h3,5-6,8,12H,1-2,4,7,9-10,18H2,(H,19,21)/t12-/m0/s1. The first-order valence-electron chi connectivity index (χ1n) is 7.43. The van der Waals surface area contributed by atoms with E-state index in [1.807, 2.05) is 0 Å². The van der Waals surface area contributed by atoms with Crippen LogP contribution in [0.5, 0.6) is 0 Å². The highest BCUT2D eigenvalue weighted by Gasteiger charge is 2.21. The average Bonchev–Trinajstić information content (AvgIpc) is 2.49. The number of fused-ring (bicyclic) bond motifs is 1. The molecule has 5 heteroatoms. The topological polar surface area (TPSA) is 62.1 Å². The highest BCUT2D eigenvalue weighted by atomic mass is 19.1. The molecule has 1 aliphatic rings. The Kier molecular flexibility index (Phi) is 4.03. The Balaban J connectivity index is 1.94. The van der Waals surface area contributed by atoms with E-state index in [0.29, 0.717) is 30.0 Å². The summed E-state index contributed by atoms with van der Waals surface area (Å²) in [5.74, 6) is -0.388. The fourth-order valence-corrected chi connectivity index (χ4v) is 3.13. The van der Waals surface area contributed by atoms with Crippen LogP contribution in [0.3, 0.4) is 0 Å². The van der Waals surface area contributed by atoms with E-state index in [2.05, 4.69) is 9.88 Å². The molecule has 1 atom stereocenters. The first-order chi connectivity index (χ1) is 10.2. The Bertz CT molecular complexity index is 697. The molecule has 0 unspecified atom stereocenters. The lowest BCUT2D eigenvalue weighted by Crippen LogP contribution is -2.43. The van der Waals surface area contributed by atoms with Crippen LogP contribution in [-0.4, -0.2) is 29.0 Å². The van der Waals surface area contributed by atoms with Gasteiger partial charge in [0.15, 0.2) is 5.43 Å². The van der Waals surface area contributed by atoms with Crippen molar-refractivity contribution in [3.63, 3.8) is 0 Å². The molecule has 0 aliphatic carbocycles. The zero-order valence-corrected chi connectivity index (χ0v) is 11.9. The van der Waals surface area contributed by atoms with Gasteiger partial charge in [0.1, 0.15) is 5.82 Å². The molecule has 21 heavy (non-hydrogen) atoms. The molecule has 1 fully saturated rings. The molecule has 4 nitrogen and oxygen atoms in total. The van der Waals surface area contributed by atoms with E-state index in [-0.39, 0.29) is 11.2 Å². The van der Waals surface area contributed by atoms with Crippen molar-refractivity contribution in [3.05, 3.63) is 46.0 Å². The Hall–Kier alpha value is -1.72. The number of likely N-dealkylation sites (tertiary alicyclic amines) is 1. The van der Waals surface area contributed by atoms with E-state index in [9.17, 15) is 9.18 Å². The lowest BCUT2D eigenvalue weighted by atomic mass is 10.0. The van der Waals surface area contributed by atoms with Gasteiger partial charge in [-0.3, -0.25) is 9.69 Å². The summed E-state index contributed by atoms with van der Waals surface area (Å²) >= 11 is 0. The number of nitrogens with zero attached hydrogens (tertiary/aromatic N) is 1. The number of nitrogens with two attached hydrogens (primary N) is 1. The molecule has 0 amide bonds. The summed E-state index contributed by atoms with van der Waals surface area (Å²) in [5.41, 5.74) is 6.72. The number of halogens is 1. The third-order valence-corrected chi connectivity index (χ3v) is 4.26. The highest BCUT2D eigenvalue weighted by molar-refractivity contribution is 5.78. The highest BCUT2D eigenvalue weighted by Crippen LogP contribution is 2.19. The lowest BCUT2D eigenvalue weighted by molar-refractivity contribution is 0.143. The van der Waals surface area contributed by atoms with Crippen molar-refractivity contribution >= 4 is 10.9 Å². The Morgan fingerprint density at radius 2 is 2.24 bits per heavy atom. The number of hydrogen-bond donors (Lipinski definition) is 2. The van der Waals surface area contributed by atoms with Crippen LogP contribution in [0, 0.1) is 5.82 Å². The monoisotopic (exact) mass is 289 g/mol. The molecule has 3 N–H and O–H groups in total. The smallest absolute Gasteiger partial charge is 0.189 e. The van der Waals surface area contributed by atoms with Gasteiger partial charge >= 0.3 is 0 Å². The molecule has 1 aromatic carbocycles. The minimum absolute atomic E-state index is 0.139. The average molecular weight is 289 g/mol. The van der Waals surface area contributed by atoms with Crippen molar-refractivity contribution in [1.29, 1.82) is 0 Å². The van der Waals surface area contributed by atoms with Crippen molar-refractivity contribution in [3.8, 4) is 0 Å². The van der Waals surface area contributed by atoms with Crippen molar-refractivity contribution in [2.75, 3.05) is 13.1 Å². The van der Waals surface area contributed by atoms with Gasteiger partial charge in [-0.2, -0.15) is 0 Å². The van der Waals surface area contributed by atoms with Crippen LogP contribution >= 0.6 is 0 Å². The Morgan fingerprint density at radius 3 is 3.05 bits per heavy atom. The SMILES string of the molecule is NC[C@@H]1CCCCN1Cc1cc(=O)c2cccc(F)c2[nH]1. The number of piperidine rings is 1. The molecule has 0 spiro atoms. The largest absolute Gasteiger partial charge is 0.355 e. The second kappa shape index (κ2) is 5.95. The Labute approximate surface area is 122 Å². The van der Waals surface area contributed by atoms with E-state index >= 15 is 0 Å². The summed E-state index contributed by atoms with van der Waals surface area (Å²) in [7, 11) is 0. The summed E-state index contributed by atoms with van der Waals surface area (Å²) < 4.78 is 13.9. The molecule has 2 aromatic rings. The molecule has 0 radical (unpaired) electrons. The van der Waals surface area contributed by atoms with Crippen molar-refractivity contribution in [2.45, 2.75) is 31.8 Å². The maximum absolute atomic E-state index is 13.9. The van der Waals surface area contributed by atoms with Crippen LogP contribution in [-0.2, 0) is 6.54 Å². The van der Waals surface area contributed by atoms with Gasteiger partial charge in [-0.05, 0) is 31.5 Å². The Morgan fingerprint density at radius 1 is 1.38 bits per heavy atom. The summed E-state index contributed by atoms with van der Waals surface area (Å²) in [4.78, 5) is 17.5. The second-order valence-electron chi connectivity index (χ2n) is 5.68. The van der Waals surface area contributed by atoms with Crippen LogP contribution in [0.15, 0.2) is 29.1 Å². The second-order valence-corrected chi connectivity index (χ2v) is 5.68. The fraction of sp³-hybridized carbons (Fsp3) is 0.438. The number of pyridine rings is 1. The van der Waals surface area contributed by atoms with E-state index in [1.165, 1.54) is 12.5 Å². The molecule has 1 aromatic heterocycles. The van der Waals surface area contributed by atoms with Crippen molar-refractivity contribution in [1.82, 2.24) is 9.88 Å². The number of aromatic nitrogens is 1. The third kappa shape index (κ3) is 2.84. The molecular formula is C16H20FN3O. The maximum atomic E-state index is 13.9. The first kappa shape index (κ1) is 14.2. The zero-order valence-electron chi connectivity index (χ0n) is 11.9. The van der Waals surface area contributed by atoms with E-state index in [0.717, 1.165) is 25.1 Å². The molecule has 3 rings (SSSR count). The molecule has 1 aliphatic heterocycles. The summed E-state index contributed by atoms with van der Waals surface area (Å²) in [6, 6.07) is 6.49. The van der Waals surface area contributed by atoms with Gasteiger partial charge in [0.25, 0.3) is 0 Å². The number of nitrogens with one attached hydrogen (secondary N) is 1. The summed E-state index contributed by atoms with van der Waals surface area (Å²) in [5, 5.41) is 0.396. The zero-order chi connectivity index (χ0) is 14.8. The van der Waals surface area contributed by atoms with Crippen LogP contribution in [0.25, 0.3) is 10.9 Å². The first-order valence-corrected chi connectivity index (χ1v) is 7.43. The van der Waals surface area contributed by atoms with Crippen LogP contribution in [0.2, 0.25) is 0 Å². The van der Waals surface area contributed by atoms with Gasteiger partial charge in [-0.1, -0.05) is 12.5 Å². The molecule has 0 bridgehead atoms. The summed E-state index contributed by atoms with van der Waals surface area (Å²) in [6.45, 7) is 2.20. The number of benzene rings is 1. The molecule has 2 heterocycles. The van der Waals surface area contributed by atoms with Gasteiger partial charge in [-0.15, -0.1) is 0 Å². The minimum atomic E-state index is -0.388.